The molecule has 0 spiro atoms. The molecule has 0 saturated carbocycles. The number of methoxy groups -OCH3 is 1. The fourth-order valence-electron chi connectivity index (χ4n) is 2.42. The van der Waals surface area contributed by atoms with Crippen LogP contribution in [0, 0.1) is 0 Å². The van der Waals surface area contributed by atoms with Gasteiger partial charge in [-0.3, -0.25) is 14.8 Å². The Morgan fingerprint density at radius 2 is 2.29 bits per heavy atom. The van der Waals surface area contributed by atoms with Crippen molar-refractivity contribution < 1.29 is 14.6 Å². The van der Waals surface area contributed by atoms with Crippen LogP contribution in [-0.4, -0.2) is 47.1 Å². The number of nitrogens with zero attached hydrogens (tertiary/aromatic N) is 4. The Kier molecular flexibility index (Phi) is 6.30. The third-order valence-electron chi connectivity index (χ3n) is 3.79. The van der Waals surface area contributed by atoms with Crippen molar-refractivity contribution in [3.63, 3.8) is 0 Å². The Hall–Kier alpha value is -3.30. The SMILES string of the molecule is COCCN=c1scc(-c2ccc(O)c(C(N)=O)c2)n1/N=C\c1cccnc1. The summed E-state index contributed by atoms with van der Waals surface area (Å²) >= 11 is 1.41. The fourth-order valence-corrected chi connectivity index (χ4v) is 3.28. The smallest absolute Gasteiger partial charge is 0.252 e. The van der Waals surface area contributed by atoms with Gasteiger partial charge < -0.3 is 15.6 Å². The van der Waals surface area contributed by atoms with Gasteiger partial charge in [0.1, 0.15) is 5.75 Å². The monoisotopic (exact) mass is 397 g/mol. The molecule has 2 heterocycles. The van der Waals surface area contributed by atoms with Crippen LogP contribution in [0.25, 0.3) is 11.3 Å². The van der Waals surface area contributed by atoms with E-state index < -0.39 is 5.91 Å². The lowest BCUT2D eigenvalue weighted by Crippen LogP contribution is -2.14. The van der Waals surface area contributed by atoms with Crippen LogP contribution in [0.4, 0.5) is 0 Å². The van der Waals surface area contributed by atoms with Crippen molar-refractivity contribution in [2.24, 2.45) is 15.8 Å². The second-order valence-corrected chi connectivity index (χ2v) is 6.55. The molecule has 0 unspecified atom stereocenters. The lowest BCUT2D eigenvalue weighted by Gasteiger charge is -2.06. The highest BCUT2D eigenvalue weighted by atomic mass is 32.1. The zero-order chi connectivity index (χ0) is 19.9. The number of aromatic nitrogens is 2. The van der Waals surface area contributed by atoms with Gasteiger partial charge in [-0.15, -0.1) is 11.3 Å². The first kappa shape index (κ1) is 19.5. The van der Waals surface area contributed by atoms with E-state index in [4.69, 9.17) is 10.5 Å². The molecule has 0 fully saturated rings. The van der Waals surface area contributed by atoms with Crippen LogP contribution >= 0.6 is 11.3 Å². The molecule has 0 aliphatic rings. The van der Waals surface area contributed by atoms with Crippen molar-refractivity contribution in [2.45, 2.75) is 0 Å². The molecule has 0 saturated heterocycles. The maximum atomic E-state index is 11.6. The van der Waals surface area contributed by atoms with E-state index >= 15 is 0 Å². The Bertz CT molecular complexity index is 1060. The van der Waals surface area contributed by atoms with Gasteiger partial charge in [-0.25, -0.2) is 4.68 Å². The lowest BCUT2D eigenvalue weighted by atomic mass is 10.1. The molecule has 0 aliphatic carbocycles. The number of aromatic hydroxyl groups is 1. The number of primary amides is 1. The predicted molar refractivity (Wildman–Crippen MR) is 107 cm³/mol. The summed E-state index contributed by atoms with van der Waals surface area (Å²) < 4.78 is 6.73. The Morgan fingerprint density at radius 1 is 1.43 bits per heavy atom. The minimum atomic E-state index is -0.704. The van der Waals surface area contributed by atoms with Crippen molar-refractivity contribution in [2.75, 3.05) is 20.3 Å². The molecule has 2 aromatic heterocycles. The van der Waals surface area contributed by atoms with Crippen molar-refractivity contribution in [1.82, 2.24) is 9.66 Å². The minimum Gasteiger partial charge on any atom is -0.507 e. The van der Waals surface area contributed by atoms with Crippen molar-refractivity contribution in [1.29, 1.82) is 0 Å². The van der Waals surface area contributed by atoms with Gasteiger partial charge in [0, 0.05) is 36.0 Å². The van der Waals surface area contributed by atoms with Gasteiger partial charge >= 0.3 is 0 Å². The maximum absolute atomic E-state index is 11.6. The van der Waals surface area contributed by atoms with Crippen LogP contribution in [0.3, 0.4) is 0 Å². The number of hydrogen-bond acceptors (Lipinski definition) is 7. The van der Waals surface area contributed by atoms with Gasteiger partial charge in [0.05, 0.1) is 30.6 Å². The van der Waals surface area contributed by atoms with E-state index in [2.05, 4.69) is 15.1 Å². The van der Waals surface area contributed by atoms with Crippen molar-refractivity contribution >= 4 is 23.5 Å². The first-order chi connectivity index (χ1) is 13.6. The molecule has 3 aromatic rings. The molecule has 0 aliphatic heterocycles. The number of phenols is 1. The van der Waals surface area contributed by atoms with E-state index in [1.807, 2.05) is 17.5 Å². The van der Waals surface area contributed by atoms with Gasteiger partial charge in [-0.1, -0.05) is 6.07 Å². The highest BCUT2D eigenvalue weighted by Gasteiger charge is 2.13. The summed E-state index contributed by atoms with van der Waals surface area (Å²) in [6, 6.07) is 8.37. The molecule has 144 valence electrons. The lowest BCUT2D eigenvalue weighted by molar-refractivity contribution is 0.0998. The molecule has 1 aromatic carbocycles. The fraction of sp³-hybridized carbons (Fsp3) is 0.158. The van der Waals surface area contributed by atoms with Crippen LogP contribution in [0.15, 0.2) is 58.2 Å². The highest BCUT2D eigenvalue weighted by molar-refractivity contribution is 7.07. The summed E-state index contributed by atoms with van der Waals surface area (Å²) in [7, 11) is 1.62. The summed E-state index contributed by atoms with van der Waals surface area (Å²) in [4.78, 5) is 20.8. The number of carbonyl (C=O) groups is 1. The Morgan fingerprint density at radius 3 is 3.00 bits per heavy atom. The van der Waals surface area contributed by atoms with E-state index in [0.717, 1.165) is 5.56 Å². The first-order valence-corrected chi connectivity index (χ1v) is 9.25. The highest BCUT2D eigenvalue weighted by Crippen LogP contribution is 2.26. The molecule has 0 atom stereocenters. The standard InChI is InChI=1S/C19H19N5O3S/c1-27-8-7-22-19-24(23-11-13-3-2-6-21-10-13)16(12-28-19)14-4-5-17(25)15(9-14)18(20)26/h2-6,9-12,25H,7-8H2,1H3,(H2,20,26)/b22-19?,23-11-. The van der Waals surface area contributed by atoms with Gasteiger partial charge in [-0.2, -0.15) is 5.10 Å². The maximum Gasteiger partial charge on any atom is 0.252 e. The summed E-state index contributed by atoms with van der Waals surface area (Å²) in [5.74, 6) is -0.869. The number of benzene rings is 1. The molecule has 0 radical (unpaired) electrons. The number of carbonyl (C=O) groups excluding carboxylic acids is 1. The summed E-state index contributed by atoms with van der Waals surface area (Å²) in [6.07, 6.45) is 5.06. The van der Waals surface area contributed by atoms with Crippen molar-refractivity contribution in [3.05, 3.63) is 64.0 Å². The average Bonchev–Trinajstić information content (AvgIpc) is 3.10. The van der Waals surface area contributed by atoms with E-state index in [1.54, 1.807) is 36.5 Å². The van der Waals surface area contributed by atoms with E-state index in [-0.39, 0.29) is 11.3 Å². The van der Waals surface area contributed by atoms with Gasteiger partial charge in [0.15, 0.2) is 0 Å². The third kappa shape index (κ3) is 4.51. The van der Waals surface area contributed by atoms with Crippen LogP contribution in [0.5, 0.6) is 5.75 Å². The second kappa shape index (κ2) is 9.07. The normalized spacial score (nSPS) is 12.0. The summed E-state index contributed by atoms with van der Waals surface area (Å²) in [6.45, 7) is 0.978. The third-order valence-corrected chi connectivity index (χ3v) is 4.65. The molecule has 28 heavy (non-hydrogen) atoms. The molecule has 3 rings (SSSR count). The molecule has 9 heteroatoms. The molecule has 0 bridgehead atoms. The number of amides is 1. The van der Waals surface area contributed by atoms with Crippen LogP contribution < -0.4 is 10.5 Å². The predicted octanol–water partition coefficient (Wildman–Crippen LogP) is 1.85. The zero-order valence-electron chi connectivity index (χ0n) is 15.1. The van der Waals surface area contributed by atoms with Gasteiger partial charge in [-0.05, 0) is 24.3 Å². The van der Waals surface area contributed by atoms with E-state index in [9.17, 15) is 9.90 Å². The van der Waals surface area contributed by atoms with Gasteiger partial charge in [0.25, 0.3) is 5.91 Å². The quantitative estimate of drug-likeness (QED) is 0.467. The van der Waals surface area contributed by atoms with Crippen LogP contribution in [0.1, 0.15) is 15.9 Å². The summed E-state index contributed by atoms with van der Waals surface area (Å²) in [5, 5.41) is 16.3. The Balaban J connectivity index is 2.09. The minimum absolute atomic E-state index is 0.0457. The van der Waals surface area contributed by atoms with Crippen LogP contribution in [-0.2, 0) is 4.74 Å². The molecule has 8 nitrogen and oxygen atoms in total. The largest absolute Gasteiger partial charge is 0.507 e. The zero-order valence-corrected chi connectivity index (χ0v) is 16.0. The molecule has 3 N–H and O–H groups in total. The first-order valence-electron chi connectivity index (χ1n) is 8.37. The topological polar surface area (TPSA) is 115 Å². The van der Waals surface area contributed by atoms with Crippen LogP contribution in [0.2, 0.25) is 0 Å². The van der Waals surface area contributed by atoms with E-state index in [1.165, 1.54) is 23.5 Å². The number of thiazole rings is 1. The molecular weight excluding hydrogens is 378 g/mol. The second-order valence-electron chi connectivity index (χ2n) is 5.72. The number of nitrogens with two attached hydrogens (primary N) is 1. The average molecular weight is 397 g/mol. The number of hydrogen-bond donors (Lipinski definition) is 2. The van der Waals surface area contributed by atoms with Gasteiger partial charge in [0.2, 0.25) is 4.80 Å². The number of pyridine rings is 1. The van der Waals surface area contributed by atoms with Crippen molar-refractivity contribution in [3.8, 4) is 17.0 Å². The summed E-state index contributed by atoms with van der Waals surface area (Å²) in [5.41, 5.74) is 7.62. The number of rotatable bonds is 7. The van der Waals surface area contributed by atoms with E-state index in [0.29, 0.717) is 29.2 Å². The molecular formula is C19H19N5O3S. The molecule has 1 amide bonds. The number of ether oxygens (including phenoxy) is 1. The Labute approximate surface area is 165 Å².